The maximum atomic E-state index is 12.6. The van der Waals surface area contributed by atoms with Gasteiger partial charge < -0.3 is 9.64 Å². The molecule has 1 amide bonds. The maximum Gasteiger partial charge on any atom is 0.317 e. The Bertz CT molecular complexity index is 843. The van der Waals surface area contributed by atoms with Crippen molar-refractivity contribution in [2.45, 2.75) is 31.1 Å². The van der Waals surface area contributed by atoms with Crippen LogP contribution in [0.4, 0.5) is 5.69 Å². The number of benzene rings is 2. The molecule has 2 aromatic rings. The molecule has 4 rings (SSSR count). The van der Waals surface area contributed by atoms with E-state index in [2.05, 4.69) is 0 Å². The van der Waals surface area contributed by atoms with Gasteiger partial charge in [-0.15, -0.1) is 0 Å². The molecular weight excluding hydrogens is 350 g/mol. The summed E-state index contributed by atoms with van der Waals surface area (Å²) >= 11 is 5.93. The van der Waals surface area contributed by atoms with Gasteiger partial charge in [0.2, 0.25) is 0 Å². The number of esters is 1. The third-order valence-electron chi connectivity index (χ3n) is 5.28. The van der Waals surface area contributed by atoms with E-state index in [4.69, 9.17) is 16.3 Å². The summed E-state index contributed by atoms with van der Waals surface area (Å²) in [6, 6.07) is 15.2. The summed E-state index contributed by atoms with van der Waals surface area (Å²) in [5, 5.41) is 0.636. The van der Waals surface area contributed by atoms with Crippen molar-refractivity contribution < 1.29 is 14.3 Å². The summed E-state index contributed by atoms with van der Waals surface area (Å²) in [6.07, 6.45) is 3.38. The summed E-state index contributed by atoms with van der Waals surface area (Å²) in [5.74, 6) is -0.490. The number of para-hydroxylation sites is 1. The van der Waals surface area contributed by atoms with Crippen LogP contribution in [-0.4, -0.2) is 25.0 Å². The van der Waals surface area contributed by atoms with Crippen LogP contribution in [0.2, 0.25) is 5.02 Å². The van der Waals surface area contributed by atoms with Gasteiger partial charge in [0.15, 0.2) is 6.61 Å². The number of ether oxygens (including phenoxy) is 1. The number of hydrogen-bond acceptors (Lipinski definition) is 3. The van der Waals surface area contributed by atoms with Gasteiger partial charge >= 0.3 is 5.97 Å². The first-order chi connectivity index (χ1) is 12.6. The zero-order valence-corrected chi connectivity index (χ0v) is 15.2. The van der Waals surface area contributed by atoms with Crippen molar-refractivity contribution in [1.29, 1.82) is 0 Å². The highest BCUT2D eigenvalue weighted by atomic mass is 35.5. The smallest absolute Gasteiger partial charge is 0.317 e. The van der Waals surface area contributed by atoms with Crippen molar-refractivity contribution in [2.24, 2.45) is 0 Å². The molecule has 0 aromatic heterocycles. The molecule has 1 aliphatic heterocycles. The summed E-state index contributed by atoms with van der Waals surface area (Å²) in [6.45, 7) is 0.443. The molecule has 0 atom stereocenters. The Morgan fingerprint density at radius 2 is 1.81 bits per heavy atom. The third kappa shape index (κ3) is 3.10. The van der Waals surface area contributed by atoms with Crippen LogP contribution in [-0.2, 0) is 26.2 Å². The number of hydrogen-bond donors (Lipinski definition) is 0. The number of rotatable bonds is 4. The predicted octanol–water partition coefficient (Wildman–Crippen LogP) is 3.89. The number of carbonyl (C=O) groups excluding carboxylic acids is 2. The summed E-state index contributed by atoms with van der Waals surface area (Å²) in [7, 11) is 0. The molecule has 2 aromatic carbocycles. The van der Waals surface area contributed by atoms with Crippen molar-refractivity contribution in [3.05, 3.63) is 64.7 Å². The van der Waals surface area contributed by atoms with Crippen LogP contribution < -0.4 is 4.90 Å². The highest BCUT2D eigenvalue weighted by Gasteiger charge is 2.53. The molecule has 0 unspecified atom stereocenters. The molecule has 0 radical (unpaired) electrons. The molecule has 1 fully saturated rings. The van der Waals surface area contributed by atoms with Gasteiger partial charge in [0, 0.05) is 17.3 Å². The minimum atomic E-state index is -0.606. The second-order valence-electron chi connectivity index (χ2n) is 6.94. The average Bonchev–Trinajstić information content (AvgIpc) is 3.48. The Kier molecular flexibility index (Phi) is 4.45. The molecule has 1 aliphatic carbocycles. The van der Waals surface area contributed by atoms with Crippen molar-refractivity contribution >= 4 is 29.2 Å². The van der Waals surface area contributed by atoms with Crippen LogP contribution >= 0.6 is 11.6 Å². The molecule has 5 heteroatoms. The predicted molar refractivity (Wildman–Crippen MR) is 100 cm³/mol. The van der Waals surface area contributed by atoms with E-state index in [0.717, 1.165) is 36.9 Å². The minimum absolute atomic E-state index is 0.169. The average molecular weight is 370 g/mol. The Labute approximate surface area is 157 Å². The van der Waals surface area contributed by atoms with Crippen molar-refractivity contribution in [2.75, 3.05) is 18.1 Å². The first-order valence-electron chi connectivity index (χ1n) is 8.92. The molecule has 0 N–H and O–H groups in total. The number of carbonyl (C=O) groups is 2. The fourth-order valence-electron chi connectivity index (χ4n) is 3.64. The summed E-state index contributed by atoms with van der Waals surface area (Å²) in [4.78, 5) is 27.0. The van der Waals surface area contributed by atoms with E-state index in [1.165, 1.54) is 5.56 Å². The Morgan fingerprint density at radius 1 is 1.08 bits per heavy atom. The molecule has 26 heavy (non-hydrogen) atoms. The quantitative estimate of drug-likeness (QED) is 0.768. The van der Waals surface area contributed by atoms with E-state index >= 15 is 0 Å². The van der Waals surface area contributed by atoms with Crippen LogP contribution in [0.25, 0.3) is 0 Å². The molecule has 0 spiro atoms. The fourth-order valence-corrected chi connectivity index (χ4v) is 3.77. The topological polar surface area (TPSA) is 46.6 Å². The van der Waals surface area contributed by atoms with E-state index in [-0.39, 0.29) is 18.5 Å². The molecule has 1 heterocycles. The lowest BCUT2D eigenvalue weighted by molar-refractivity contribution is -0.150. The second kappa shape index (κ2) is 6.76. The number of amides is 1. The highest BCUT2D eigenvalue weighted by molar-refractivity contribution is 6.30. The van der Waals surface area contributed by atoms with Gasteiger partial charge in [-0.2, -0.15) is 0 Å². The number of nitrogens with zero attached hydrogens (tertiary/aromatic N) is 1. The molecule has 2 aliphatic rings. The van der Waals surface area contributed by atoms with Gasteiger partial charge in [0.1, 0.15) is 0 Å². The molecule has 134 valence electrons. The standard InChI is InChI=1S/C21H20ClNO3/c22-17-9-7-16(8-10-17)21(11-12-21)20(25)26-14-19(24)23-13-3-5-15-4-1-2-6-18(15)23/h1-2,4,6-10H,3,5,11-14H2. The Morgan fingerprint density at radius 3 is 2.54 bits per heavy atom. The van der Waals surface area contributed by atoms with Gasteiger partial charge in [-0.25, -0.2) is 0 Å². The Balaban J connectivity index is 1.42. The van der Waals surface area contributed by atoms with E-state index in [1.54, 1.807) is 17.0 Å². The van der Waals surface area contributed by atoms with Crippen LogP contribution in [0.1, 0.15) is 30.4 Å². The highest BCUT2D eigenvalue weighted by Crippen LogP contribution is 2.49. The first-order valence-corrected chi connectivity index (χ1v) is 9.29. The zero-order chi connectivity index (χ0) is 18.1. The first kappa shape index (κ1) is 17.1. The van der Waals surface area contributed by atoms with Crippen molar-refractivity contribution in [3.63, 3.8) is 0 Å². The number of halogens is 1. The van der Waals surface area contributed by atoms with E-state index < -0.39 is 5.41 Å². The SMILES string of the molecule is O=C(COC(=O)C1(c2ccc(Cl)cc2)CC1)N1CCCc2ccccc21. The fraction of sp³-hybridized carbons (Fsp3) is 0.333. The zero-order valence-electron chi connectivity index (χ0n) is 14.4. The monoisotopic (exact) mass is 369 g/mol. The number of anilines is 1. The van der Waals surface area contributed by atoms with Gasteiger partial charge in [0.25, 0.3) is 5.91 Å². The lowest BCUT2D eigenvalue weighted by atomic mass is 9.96. The van der Waals surface area contributed by atoms with Crippen LogP contribution in [0.15, 0.2) is 48.5 Å². The third-order valence-corrected chi connectivity index (χ3v) is 5.53. The van der Waals surface area contributed by atoms with Crippen molar-refractivity contribution in [3.8, 4) is 0 Å². The number of aryl methyl sites for hydroxylation is 1. The molecular formula is C21H20ClNO3. The van der Waals surface area contributed by atoms with Crippen LogP contribution in [0, 0.1) is 0 Å². The lowest BCUT2D eigenvalue weighted by Crippen LogP contribution is -2.39. The van der Waals surface area contributed by atoms with E-state index in [1.807, 2.05) is 36.4 Å². The van der Waals surface area contributed by atoms with E-state index in [0.29, 0.717) is 11.6 Å². The van der Waals surface area contributed by atoms with Crippen molar-refractivity contribution in [1.82, 2.24) is 0 Å². The minimum Gasteiger partial charge on any atom is -0.455 e. The largest absolute Gasteiger partial charge is 0.455 e. The maximum absolute atomic E-state index is 12.6. The van der Waals surface area contributed by atoms with Gasteiger partial charge in [-0.05, 0) is 55.0 Å². The summed E-state index contributed by atoms with van der Waals surface area (Å²) in [5.41, 5.74) is 2.39. The second-order valence-corrected chi connectivity index (χ2v) is 7.38. The van der Waals surface area contributed by atoms with Gasteiger partial charge in [-0.1, -0.05) is 41.9 Å². The lowest BCUT2D eigenvalue weighted by Gasteiger charge is -2.29. The number of fused-ring (bicyclic) bond motifs is 1. The van der Waals surface area contributed by atoms with Crippen LogP contribution in [0.3, 0.4) is 0 Å². The summed E-state index contributed by atoms with van der Waals surface area (Å²) < 4.78 is 5.42. The van der Waals surface area contributed by atoms with Gasteiger partial charge in [0.05, 0.1) is 5.41 Å². The normalized spacial score (nSPS) is 17.3. The Hall–Kier alpha value is -2.33. The molecule has 0 bridgehead atoms. The van der Waals surface area contributed by atoms with E-state index in [9.17, 15) is 9.59 Å². The molecule has 0 saturated heterocycles. The molecule has 1 saturated carbocycles. The molecule has 4 nitrogen and oxygen atoms in total. The van der Waals surface area contributed by atoms with Crippen LogP contribution in [0.5, 0.6) is 0 Å². The van der Waals surface area contributed by atoms with Gasteiger partial charge in [-0.3, -0.25) is 9.59 Å².